The molecule has 0 bridgehead atoms. The van der Waals surface area contributed by atoms with E-state index in [4.69, 9.17) is 4.74 Å². The standard InChI is InChI=1S/C15H20N2O2S2/c1-15(2,3)19-14(18)17-6-4-10(5-7-17)11-8-12-13(21-11)16-9-20-12/h8-10H,4-7H2,1-3H3. The van der Waals surface area contributed by atoms with E-state index in [-0.39, 0.29) is 6.09 Å². The summed E-state index contributed by atoms with van der Waals surface area (Å²) < 4.78 is 6.72. The molecule has 1 aliphatic heterocycles. The van der Waals surface area contributed by atoms with Crippen LogP contribution in [0.5, 0.6) is 0 Å². The molecule has 0 atom stereocenters. The summed E-state index contributed by atoms with van der Waals surface area (Å²) in [4.78, 5) is 20.8. The van der Waals surface area contributed by atoms with Gasteiger partial charge in [-0.3, -0.25) is 0 Å². The molecule has 3 heterocycles. The average molecular weight is 324 g/mol. The molecule has 21 heavy (non-hydrogen) atoms. The summed E-state index contributed by atoms with van der Waals surface area (Å²) in [5.74, 6) is 0.551. The van der Waals surface area contributed by atoms with Gasteiger partial charge >= 0.3 is 6.09 Å². The first-order valence-corrected chi connectivity index (χ1v) is 8.93. The van der Waals surface area contributed by atoms with Crippen molar-refractivity contribution >= 4 is 38.3 Å². The van der Waals surface area contributed by atoms with Gasteiger partial charge in [-0.05, 0) is 45.6 Å². The van der Waals surface area contributed by atoms with Crippen molar-refractivity contribution in [1.29, 1.82) is 0 Å². The fraction of sp³-hybridized carbons (Fsp3) is 0.600. The van der Waals surface area contributed by atoms with Crippen LogP contribution in [0.4, 0.5) is 4.79 Å². The molecule has 2 aromatic rings. The Morgan fingerprint density at radius 2 is 2.10 bits per heavy atom. The first kappa shape index (κ1) is 14.8. The Hall–Kier alpha value is -1.14. The van der Waals surface area contributed by atoms with Crippen molar-refractivity contribution in [3.05, 3.63) is 16.5 Å². The van der Waals surface area contributed by atoms with Crippen LogP contribution in [0.25, 0.3) is 9.53 Å². The van der Waals surface area contributed by atoms with Crippen molar-refractivity contribution in [1.82, 2.24) is 9.88 Å². The third-order valence-electron chi connectivity index (χ3n) is 3.60. The van der Waals surface area contributed by atoms with Gasteiger partial charge in [0, 0.05) is 18.0 Å². The Kier molecular flexibility index (Phi) is 3.92. The van der Waals surface area contributed by atoms with E-state index in [2.05, 4.69) is 11.1 Å². The quantitative estimate of drug-likeness (QED) is 0.777. The minimum Gasteiger partial charge on any atom is -0.444 e. The summed E-state index contributed by atoms with van der Waals surface area (Å²) in [6.07, 6.45) is 1.83. The molecule has 1 aliphatic rings. The first-order valence-electron chi connectivity index (χ1n) is 7.23. The highest BCUT2D eigenvalue weighted by Gasteiger charge is 2.28. The minimum atomic E-state index is -0.419. The number of nitrogens with zero attached hydrogens (tertiary/aromatic N) is 2. The number of fused-ring (bicyclic) bond motifs is 1. The second kappa shape index (κ2) is 5.57. The maximum Gasteiger partial charge on any atom is 0.410 e. The van der Waals surface area contributed by atoms with Crippen molar-refractivity contribution in [2.45, 2.75) is 45.1 Å². The van der Waals surface area contributed by atoms with Crippen molar-refractivity contribution in [2.75, 3.05) is 13.1 Å². The molecule has 114 valence electrons. The number of rotatable bonds is 1. The van der Waals surface area contributed by atoms with Crippen LogP contribution in [-0.4, -0.2) is 34.7 Å². The van der Waals surface area contributed by atoms with Gasteiger partial charge < -0.3 is 9.64 Å². The third-order valence-corrected chi connectivity index (χ3v) is 5.71. The van der Waals surface area contributed by atoms with Gasteiger partial charge in [0.2, 0.25) is 0 Å². The van der Waals surface area contributed by atoms with Gasteiger partial charge in [0.1, 0.15) is 10.4 Å². The van der Waals surface area contributed by atoms with E-state index in [9.17, 15) is 4.79 Å². The highest BCUT2D eigenvalue weighted by atomic mass is 32.1. The molecular formula is C15H20N2O2S2. The molecule has 3 rings (SSSR count). The zero-order chi connectivity index (χ0) is 15.0. The van der Waals surface area contributed by atoms with E-state index >= 15 is 0 Å². The third kappa shape index (κ3) is 3.37. The first-order chi connectivity index (χ1) is 9.92. The largest absolute Gasteiger partial charge is 0.444 e. The molecule has 1 fully saturated rings. The summed E-state index contributed by atoms with van der Waals surface area (Å²) in [6, 6.07) is 2.27. The number of hydrogen-bond acceptors (Lipinski definition) is 5. The minimum absolute atomic E-state index is 0.185. The van der Waals surface area contributed by atoms with Crippen LogP contribution in [0.1, 0.15) is 44.4 Å². The highest BCUT2D eigenvalue weighted by Crippen LogP contribution is 2.37. The molecule has 1 saturated heterocycles. The monoisotopic (exact) mass is 324 g/mol. The van der Waals surface area contributed by atoms with Gasteiger partial charge in [0.25, 0.3) is 0 Å². The van der Waals surface area contributed by atoms with Gasteiger partial charge in [-0.25, -0.2) is 9.78 Å². The Bertz CT molecular complexity index is 605. The number of amides is 1. The number of ether oxygens (including phenoxy) is 1. The van der Waals surface area contributed by atoms with Crippen molar-refractivity contribution < 1.29 is 9.53 Å². The van der Waals surface area contributed by atoms with E-state index in [1.165, 1.54) is 9.58 Å². The van der Waals surface area contributed by atoms with E-state index < -0.39 is 5.60 Å². The van der Waals surface area contributed by atoms with Gasteiger partial charge in [-0.1, -0.05) is 0 Å². The molecule has 0 N–H and O–H groups in total. The predicted molar refractivity (Wildman–Crippen MR) is 87.3 cm³/mol. The lowest BCUT2D eigenvalue weighted by molar-refractivity contribution is 0.0205. The van der Waals surface area contributed by atoms with Crippen LogP contribution in [0.15, 0.2) is 11.6 Å². The highest BCUT2D eigenvalue weighted by molar-refractivity contribution is 7.26. The lowest BCUT2D eigenvalue weighted by Gasteiger charge is -2.33. The van der Waals surface area contributed by atoms with Crippen molar-refractivity contribution in [2.24, 2.45) is 0 Å². The zero-order valence-electron chi connectivity index (χ0n) is 12.6. The number of carbonyl (C=O) groups excluding carboxylic acids is 1. The Labute approximate surface area is 132 Å². The lowest BCUT2D eigenvalue weighted by atomic mass is 9.95. The fourth-order valence-electron chi connectivity index (χ4n) is 2.56. The molecule has 4 nitrogen and oxygen atoms in total. The van der Waals surface area contributed by atoms with Gasteiger partial charge in [-0.15, -0.1) is 22.7 Å². The topological polar surface area (TPSA) is 42.4 Å². The fourth-order valence-corrected chi connectivity index (χ4v) is 4.66. The Morgan fingerprint density at radius 1 is 1.38 bits per heavy atom. The molecule has 0 saturated carbocycles. The lowest BCUT2D eigenvalue weighted by Crippen LogP contribution is -2.41. The maximum atomic E-state index is 12.1. The molecule has 0 unspecified atom stereocenters. The number of likely N-dealkylation sites (tertiary alicyclic amines) is 1. The van der Waals surface area contributed by atoms with Crippen LogP contribution in [0, 0.1) is 0 Å². The summed E-state index contributed by atoms with van der Waals surface area (Å²) in [5.41, 5.74) is 1.48. The molecule has 0 aliphatic carbocycles. The number of thiophene rings is 1. The number of piperidine rings is 1. The van der Waals surface area contributed by atoms with Gasteiger partial charge in [0.05, 0.1) is 10.2 Å². The summed E-state index contributed by atoms with van der Waals surface area (Å²) in [7, 11) is 0. The number of thiazole rings is 1. The van der Waals surface area contributed by atoms with Gasteiger partial charge in [-0.2, -0.15) is 0 Å². The van der Waals surface area contributed by atoms with Crippen LogP contribution in [-0.2, 0) is 4.74 Å². The molecule has 1 amide bonds. The number of aromatic nitrogens is 1. The summed E-state index contributed by atoms with van der Waals surface area (Å²) >= 11 is 3.49. The molecular weight excluding hydrogens is 304 g/mol. The Morgan fingerprint density at radius 3 is 2.71 bits per heavy atom. The van der Waals surface area contributed by atoms with E-state index in [0.29, 0.717) is 5.92 Å². The molecule has 0 aromatic carbocycles. The average Bonchev–Trinajstić information content (AvgIpc) is 2.97. The van der Waals surface area contributed by atoms with Crippen LogP contribution < -0.4 is 0 Å². The number of carbonyl (C=O) groups is 1. The number of hydrogen-bond donors (Lipinski definition) is 0. The van der Waals surface area contributed by atoms with E-state index in [1.807, 2.05) is 31.2 Å². The van der Waals surface area contributed by atoms with Crippen molar-refractivity contribution in [3.63, 3.8) is 0 Å². The Balaban J connectivity index is 1.60. The predicted octanol–water partition coefficient (Wildman–Crippen LogP) is 4.47. The molecule has 2 aromatic heterocycles. The molecule has 0 radical (unpaired) electrons. The summed E-state index contributed by atoms with van der Waals surface area (Å²) in [6.45, 7) is 7.27. The summed E-state index contributed by atoms with van der Waals surface area (Å²) in [5, 5.41) is 0. The second-order valence-electron chi connectivity index (χ2n) is 6.41. The smallest absolute Gasteiger partial charge is 0.410 e. The second-order valence-corrected chi connectivity index (χ2v) is 8.36. The van der Waals surface area contributed by atoms with Gasteiger partial charge in [0.15, 0.2) is 0 Å². The SMILES string of the molecule is CC(C)(C)OC(=O)N1CCC(c2cc3scnc3s2)CC1. The molecule has 6 heteroatoms. The van der Waals surface area contributed by atoms with Crippen LogP contribution in [0.3, 0.4) is 0 Å². The van der Waals surface area contributed by atoms with E-state index in [0.717, 1.165) is 30.8 Å². The van der Waals surface area contributed by atoms with E-state index in [1.54, 1.807) is 22.7 Å². The zero-order valence-corrected chi connectivity index (χ0v) is 14.2. The van der Waals surface area contributed by atoms with Crippen LogP contribution in [0.2, 0.25) is 0 Å². The van der Waals surface area contributed by atoms with Crippen molar-refractivity contribution in [3.8, 4) is 0 Å². The molecule has 0 spiro atoms. The normalized spacial score (nSPS) is 17.4. The van der Waals surface area contributed by atoms with Crippen LogP contribution >= 0.6 is 22.7 Å². The maximum absolute atomic E-state index is 12.1.